The number of hydrogen-bond donors (Lipinski definition) is 3. The molecule has 0 bridgehead atoms. The molecule has 0 amide bonds. The first kappa shape index (κ1) is 17.1. The van der Waals surface area contributed by atoms with Crippen molar-refractivity contribution in [3.05, 3.63) is 29.3 Å². The highest BCUT2D eigenvalue weighted by molar-refractivity contribution is 5.98. The van der Waals surface area contributed by atoms with Crippen LogP contribution in [-0.4, -0.2) is 36.9 Å². The van der Waals surface area contributed by atoms with Gasteiger partial charge in [0.25, 0.3) is 0 Å². The lowest BCUT2D eigenvalue weighted by Gasteiger charge is -2.14. The van der Waals surface area contributed by atoms with Crippen LogP contribution in [0.15, 0.2) is 23.3 Å². The normalized spacial score (nSPS) is 12.5. The quantitative estimate of drug-likeness (QED) is 0.181. The first-order valence-electron chi connectivity index (χ1n) is 6.06. The average molecular weight is 305 g/mol. The van der Waals surface area contributed by atoms with Crippen molar-refractivity contribution >= 4 is 11.5 Å². The van der Waals surface area contributed by atoms with Gasteiger partial charge in [-0.3, -0.25) is 0 Å². The number of anilines is 1. The van der Waals surface area contributed by atoms with Gasteiger partial charge in [0.15, 0.2) is 5.84 Å². The number of amidine groups is 1. The molecule has 0 saturated heterocycles. The number of nitrogens with zero attached hydrogens (tertiary/aromatic N) is 2. The van der Waals surface area contributed by atoms with Crippen LogP contribution in [0.4, 0.5) is 18.9 Å². The highest BCUT2D eigenvalue weighted by Crippen LogP contribution is 2.14. The van der Waals surface area contributed by atoms with Gasteiger partial charge in [0.1, 0.15) is 6.61 Å². The Morgan fingerprint density at radius 2 is 2.05 bits per heavy atom. The molecule has 0 saturated carbocycles. The van der Waals surface area contributed by atoms with E-state index in [0.717, 1.165) is 10.7 Å². The van der Waals surface area contributed by atoms with Gasteiger partial charge >= 0.3 is 6.18 Å². The van der Waals surface area contributed by atoms with Crippen LogP contribution in [-0.2, 0) is 4.74 Å². The molecule has 6 nitrogen and oxygen atoms in total. The number of halogens is 3. The fourth-order valence-corrected chi connectivity index (χ4v) is 1.39. The summed E-state index contributed by atoms with van der Waals surface area (Å²) < 4.78 is 40.0. The van der Waals surface area contributed by atoms with Gasteiger partial charge in [-0.05, 0) is 18.6 Å². The Morgan fingerprint density at radius 3 is 2.62 bits per heavy atom. The van der Waals surface area contributed by atoms with E-state index in [4.69, 9.17) is 17.3 Å². The van der Waals surface area contributed by atoms with Crippen molar-refractivity contribution in [3.63, 3.8) is 0 Å². The van der Waals surface area contributed by atoms with Gasteiger partial charge in [-0.1, -0.05) is 12.1 Å². The third-order valence-corrected chi connectivity index (χ3v) is 2.54. The number of aryl methyl sites for hydroxylation is 1. The van der Waals surface area contributed by atoms with Crippen LogP contribution in [0.1, 0.15) is 11.1 Å². The maximum atomic E-state index is 11.9. The Labute approximate surface area is 120 Å². The smallest absolute Gasteiger partial charge is 0.398 e. The number of hydrogen-bond acceptors (Lipinski definition) is 5. The predicted molar refractivity (Wildman–Crippen MR) is 74.1 cm³/mol. The Hall–Kier alpha value is -2.00. The molecule has 1 aromatic carbocycles. The molecule has 0 aliphatic rings. The van der Waals surface area contributed by atoms with E-state index in [9.17, 15) is 13.2 Å². The Balaban J connectivity index is 2.51. The van der Waals surface area contributed by atoms with Gasteiger partial charge in [0, 0.05) is 11.3 Å². The largest absolute Gasteiger partial charge is 0.411 e. The van der Waals surface area contributed by atoms with Gasteiger partial charge in [-0.2, -0.15) is 13.2 Å². The van der Waals surface area contributed by atoms with Crippen molar-refractivity contribution in [2.24, 2.45) is 16.7 Å². The summed E-state index contributed by atoms with van der Waals surface area (Å²) >= 11 is 0. The molecule has 0 aliphatic heterocycles. The molecule has 9 heteroatoms. The van der Waals surface area contributed by atoms with Crippen LogP contribution in [0, 0.1) is 6.92 Å². The molecule has 0 atom stereocenters. The number of nitrogen functional groups attached to an aromatic ring is 1. The Kier molecular flexibility index (Phi) is 5.79. The number of alkyl halides is 3. The minimum atomic E-state index is -4.36. The molecule has 0 aliphatic carbocycles. The lowest BCUT2D eigenvalue weighted by molar-refractivity contribution is -0.174. The van der Waals surface area contributed by atoms with E-state index in [1.165, 1.54) is 0 Å². The highest BCUT2D eigenvalue weighted by Gasteiger charge is 2.27. The summed E-state index contributed by atoms with van der Waals surface area (Å²) in [5, 5.41) is 4.76. The van der Waals surface area contributed by atoms with Crippen LogP contribution >= 0.6 is 0 Å². The highest BCUT2D eigenvalue weighted by atomic mass is 19.4. The topological polar surface area (TPSA) is 103 Å². The van der Waals surface area contributed by atoms with Gasteiger partial charge in [0.2, 0.25) is 0 Å². The number of rotatable bonds is 6. The molecule has 0 fully saturated rings. The van der Waals surface area contributed by atoms with Gasteiger partial charge in [-0.25, -0.2) is 11.0 Å². The summed E-state index contributed by atoms with van der Waals surface area (Å²) in [5.74, 6) is 5.61. The Bertz CT molecular complexity index is 504. The van der Waals surface area contributed by atoms with E-state index >= 15 is 0 Å². The second kappa shape index (κ2) is 7.14. The first-order valence-corrected chi connectivity index (χ1v) is 6.06. The SMILES string of the molecule is Cc1ccc(/C(N)=N/N(N)CCOCC(F)(F)F)cc1N. The number of hydrazone groups is 1. The molecular weight excluding hydrogens is 287 g/mol. The molecular formula is C12H18F3N5O. The van der Waals surface area contributed by atoms with Gasteiger partial charge in [-0.15, -0.1) is 5.10 Å². The van der Waals surface area contributed by atoms with E-state index in [0.29, 0.717) is 11.3 Å². The van der Waals surface area contributed by atoms with E-state index in [-0.39, 0.29) is 19.0 Å². The molecule has 21 heavy (non-hydrogen) atoms. The number of benzene rings is 1. The van der Waals surface area contributed by atoms with E-state index in [1.54, 1.807) is 18.2 Å². The maximum absolute atomic E-state index is 11.9. The van der Waals surface area contributed by atoms with Crippen molar-refractivity contribution in [3.8, 4) is 0 Å². The maximum Gasteiger partial charge on any atom is 0.411 e. The van der Waals surface area contributed by atoms with Crippen molar-refractivity contribution in [2.75, 3.05) is 25.5 Å². The second-order valence-corrected chi connectivity index (χ2v) is 4.39. The molecule has 0 aromatic heterocycles. The molecule has 118 valence electrons. The van der Waals surface area contributed by atoms with E-state index in [1.807, 2.05) is 6.92 Å². The minimum absolute atomic E-state index is 0.0296. The van der Waals surface area contributed by atoms with Crippen LogP contribution in [0.25, 0.3) is 0 Å². The average Bonchev–Trinajstić information content (AvgIpc) is 2.36. The molecule has 0 unspecified atom stereocenters. The summed E-state index contributed by atoms with van der Waals surface area (Å²) in [7, 11) is 0. The van der Waals surface area contributed by atoms with Gasteiger partial charge < -0.3 is 16.2 Å². The second-order valence-electron chi connectivity index (χ2n) is 4.39. The van der Waals surface area contributed by atoms with Crippen molar-refractivity contribution < 1.29 is 17.9 Å². The minimum Gasteiger partial charge on any atom is -0.398 e. The monoisotopic (exact) mass is 305 g/mol. The number of nitrogens with two attached hydrogens (primary N) is 3. The summed E-state index contributed by atoms with van der Waals surface area (Å²) in [6.45, 7) is 0.273. The third-order valence-electron chi connectivity index (χ3n) is 2.54. The number of ether oxygens (including phenoxy) is 1. The first-order chi connectivity index (χ1) is 9.69. The Morgan fingerprint density at radius 1 is 1.38 bits per heavy atom. The lowest BCUT2D eigenvalue weighted by atomic mass is 10.1. The standard InChI is InChI=1S/C12H18F3N5O/c1-8-2-3-9(6-10(8)16)11(17)19-20(18)4-5-21-7-12(13,14)15/h2-3,6H,4-5,7,16,18H2,1H3,(H2,17,19). The molecule has 1 rings (SSSR count). The molecule has 0 radical (unpaired) electrons. The third kappa shape index (κ3) is 6.32. The summed E-state index contributed by atoms with van der Waals surface area (Å²) in [6.07, 6.45) is -4.36. The zero-order valence-electron chi connectivity index (χ0n) is 11.5. The van der Waals surface area contributed by atoms with Crippen LogP contribution in [0.5, 0.6) is 0 Å². The zero-order valence-corrected chi connectivity index (χ0v) is 11.5. The molecule has 0 heterocycles. The molecule has 0 spiro atoms. The molecule has 6 N–H and O–H groups in total. The van der Waals surface area contributed by atoms with Crippen LogP contribution in [0.3, 0.4) is 0 Å². The van der Waals surface area contributed by atoms with E-state index in [2.05, 4.69) is 9.84 Å². The lowest BCUT2D eigenvalue weighted by Crippen LogP contribution is -2.33. The summed E-state index contributed by atoms with van der Waals surface area (Å²) in [4.78, 5) is 0. The summed E-state index contributed by atoms with van der Waals surface area (Å²) in [5.41, 5.74) is 13.5. The molecule has 1 aromatic rings. The fraction of sp³-hybridized carbons (Fsp3) is 0.417. The summed E-state index contributed by atoms with van der Waals surface area (Å²) in [6, 6.07) is 5.14. The predicted octanol–water partition coefficient (Wildman–Crippen LogP) is 0.952. The van der Waals surface area contributed by atoms with Gasteiger partial charge in [0.05, 0.1) is 13.2 Å². The van der Waals surface area contributed by atoms with Crippen molar-refractivity contribution in [1.29, 1.82) is 0 Å². The fourth-order valence-electron chi connectivity index (χ4n) is 1.39. The van der Waals surface area contributed by atoms with Crippen molar-refractivity contribution in [1.82, 2.24) is 5.12 Å². The van der Waals surface area contributed by atoms with Crippen LogP contribution in [0.2, 0.25) is 0 Å². The van der Waals surface area contributed by atoms with Crippen molar-refractivity contribution in [2.45, 2.75) is 13.1 Å². The van der Waals surface area contributed by atoms with Crippen LogP contribution < -0.4 is 17.3 Å². The van der Waals surface area contributed by atoms with E-state index < -0.39 is 12.8 Å². The zero-order chi connectivity index (χ0) is 16.0. The number of hydrazine groups is 1.